The van der Waals surface area contributed by atoms with Gasteiger partial charge in [0.1, 0.15) is 5.82 Å². The second-order valence-electron chi connectivity index (χ2n) is 4.33. The van der Waals surface area contributed by atoms with Crippen molar-refractivity contribution >= 4 is 17.6 Å². The van der Waals surface area contributed by atoms with E-state index in [-0.39, 0.29) is 0 Å². The molecular formula is C12H20N4S. The summed E-state index contributed by atoms with van der Waals surface area (Å²) >= 11 is 2.10. The maximum atomic E-state index is 5.29. The van der Waals surface area contributed by atoms with Gasteiger partial charge in [-0.15, -0.1) is 0 Å². The minimum absolute atomic E-state index is 0.717. The number of hydrogen-bond acceptors (Lipinski definition) is 5. The minimum atomic E-state index is 0.717. The molecule has 1 saturated heterocycles. The maximum absolute atomic E-state index is 5.29. The van der Waals surface area contributed by atoms with Crippen LogP contribution in [0.5, 0.6) is 0 Å². The van der Waals surface area contributed by atoms with E-state index < -0.39 is 0 Å². The van der Waals surface area contributed by atoms with Gasteiger partial charge in [-0.05, 0) is 18.1 Å². The van der Waals surface area contributed by atoms with Crippen LogP contribution in [0.4, 0.5) is 5.82 Å². The quantitative estimate of drug-likeness (QED) is 0.631. The summed E-state index contributed by atoms with van der Waals surface area (Å²) in [5.74, 6) is 7.26. The fraction of sp³-hybridized carbons (Fsp3) is 0.583. The highest BCUT2D eigenvalue weighted by Gasteiger charge is 2.18. The van der Waals surface area contributed by atoms with Gasteiger partial charge in [0.05, 0.1) is 0 Å². The molecule has 1 fully saturated rings. The lowest BCUT2D eigenvalue weighted by Gasteiger charge is -2.31. The highest BCUT2D eigenvalue weighted by Crippen LogP contribution is 2.22. The van der Waals surface area contributed by atoms with Gasteiger partial charge in [-0.3, -0.25) is 4.90 Å². The molecule has 0 saturated carbocycles. The number of rotatable bonds is 4. The van der Waals surface area contributed by atoms with Crippen LogP contribution in [0.3, 0.4) is 0 Å². The highest BCUT2D eigenvalue weighted by molar-refractivity contribution is 8.00. The predicted octanol–water partition coefficient (Wildman–Crippen LogP) is 1.69. The zero-order valence-corrected chi connectivity index (χ0v) is 11.0. The third-order valence-electron chi connectivity index (χ3n) is 3.06. The first-order chi connectivity index (χ1) is 8.31. The number of hydrazine groups is 1. The Labute approximate surface area is 107 Å². The van der Waals surface area contributed by atoms with E-state index in [4.69, 9.17) is 5.84 Å². The molecule has 4 nitrogen and oxygen atoms in total. The third-order valence-corrected chi connectivity index (χ3v) is 4.43. The van der Waals surface area contributed by atoms with Gasteiger partial charge in [-0.25, -0.2) is 10.8 Å². The van der Waals surface area contributed by atoms with Crippen LogP contribution < -0.4 is 11.3 Å². The first-order valence-electron chi connectivity index (χ1n) is 6.07. The molecule has 2 heterocycles. The molecule has 0 bridgehead atoms. The molecule has 1 unspecified atom stereocenters. The summed E-state index contributed by atoms with van der Waals surface area (Å²) in [5.41, 5.74) is 3.80. The Hall–Kier alpha value is -0.780. The first-order valence-corrected chi connectivity index (χ1v) is 7.12. The van der Waals surface area contributed by atoms with Crippen LogP contribution in [-0.2, 0) is 6.54 Å². The zero-order chi connectivity index (χ0) is 12.1. The highest BCUT2D eigenvalue weighted by atomic mass is 32.2. The van der Waals surface area contributed by atoms with Gasteiger partial charge >= 0.3 is 0 Å². The number of nitrogens with zero attached hydrogens (tertiary/aromatic N) is 2. The van der Waals surface area contributed by atoms with Crippen molar-refractivity contribution in [3.63, 3.8) is 0 Å². The van der Waals surface area contributed by atoms with Gasteiger partial charge in [0.15, 0.2) is 0 Å². The Kier molecular flexibility index (Phi) is 4.65. The molecule has 1 aliphatic rings. The third kappa shape index (κ3) is 3.59. The van der Waals surface area contributed by atoms with Crippen molar-refractivity contribution in [2.75, 3.05) is 24.3 Å². The van der Waals surface area contributed by atoms with Crippen molar-refractivity contribution < 1.29 is 0 Å². The van der Waals surface area contributed by atoms with E-state index in [1.54, 1.807) is 0 Å². The van der Waals surface area contributed by atoms with Crippen molar-refractivity contribution in [2.45, 2.75) is 25.1 Å². The predicted molar refractivity (Wildman–Crippen MR) is 73.9 cm³/mol. The topological polar surface area (TPSA) is 54.2 Å². The number of thioether (sulfide) groups is 1. The monoisotopic (exact) mass is 252 g/mol. The van der Waals surface area contributed by atoms with Gasteiger partial charge in [0, 0.05) is 36.8 Å². The second kappa shape index (κ2) is 6.23. The van der Waals surface area contributed by atoms with E-state index >= 15 is 0 Å². The molecular weight excluding hydrogens is 232 g/mol. The lowest BCUT2D eigenvalue weighted by Crippen LogP contribution is -2.37. The zero-order valence-electron chi connectivity index (χ0n) is 10.2. The van der Waals surface area contributed by atoms with Crippen molar-refractivity contribution in [1.82, 2.24) is 9.88 Å². The number of nitrogen functional groups attached to an aromatic ring is 1. The largest absolute Gasteiger partial charge is 0.308 e. The van der Waals surface area contributed by atoms with Crippen LogP contribution in [0.1, 0.15) is 18.9 Å². The number of nitrogens with one attached hydrogen (secondary N) is 1. The molecule has 3 N–H and O–H groups in total. The molecule has 94 valence electrons. The Morgan fingerprint density at radius 2 is 2.47 bits per heavy atom. The second-order valence-corrected chi connectivity index (χ2v) is 5.74. The minimum Gasteiger partial charge on any atom is -0.308 e. The summed E-state index contributed by atoms with van der Waals surface area (Å²) < 4.78 is 0. The fourth-order valence-electron chi connectivity index (χ4n) is 2.03. The molecule has 2 rings (SSSR count). The number of nitrogens with two attached hydrogens (primary N) is 1. The standard InChI is InChI=1S/C12H20N4S/c1-2-11-9-16(5-6-17-11)8-10-3-4-12(15-13)14-7-10/h3-4,7,11H,2,5-6,8-9,13H2,1H3,(H,14,15). The van der Waals surface area contributed by atoms with Gasteiger partial charge < -0.3 is 5.43 Å². The van der Waals surface area contributed by atoms with E-state index in [1.165, 1.54) is 30.8 Å². The summed E-state index contributed by atoms with van der Waals surface area (Å²) in [6.45, 7) is 5.63. The van der Waals surface area contributed by atoms with Crippen molar-refractivity contribution in [2.24, 2.45) is 5.84 Å². The summed E-state index contributed by atoms with van der Waals surface area (Å²) in [6, 6.07) is 4.01. The van der Waals surface area contributed by atoms with E-state index in [2.05, 4.69) is 40.1 Å². The van der Waals surface area contributed by atoms with E-state index in [0.717, 1.165) is 17.6 Å². The molecule has 0 spiro atoms. The first kappa shape index (κ1) is 12.7. The molecule has 1 atom stereocenters. The van der Waals surface area contributed by atoms with Crippen molar-refractivity contribution in [3.8, 4) is 0 Å². The maximum Gasteiger partial charge on any atom is 0.139 e. The van der Waals surface area contributed by atoms with Gasteiger partial charge in [0.2, 0.25) is 0 Å². The van der Waals surface area contributed by atoms with Crippen LogP contribution in [-0.4, -0.2) is 34.0 Å². The number of pyridine rings is 1. The van der Waals surface area contributed by atoms with Crippen molar-refractivity contribution in [1.29, 1.82) is 0 Å². The summed E-state index contributed by atoms with van der Waals surface area (Å²) in [4.78, 5) is 6.75. The van der Waals surface area contributed by atoms with Gasteiger partial charge in [-0.2, -0.15) is 11.8 Å². The number of hydrogen-bond donors (Lipinski definition) is 2. The van der Waals surface area contributed by atoms with E-state index in [9.17, 15) is 0 Å². The van der Waals surface area contributed by atoms with Gasteiger partial charge in [-0.1, -0.05) is 13.0 Å². The molecule has 1 aliphatic heterocycles. The van der Waals surface area contributed by atoms with Crippen LogP contribution >= 0.6 is 11.8 Å². The molecule has 1 aromatic heterocycles. The summed E-state index contributed by atoms with van der Waals surface area (Å²) in [7, 11) is 0. The summed E-state index contributed by atoms with van der Waals surface area (Å²) in [5, 5.41) is 0.793. The number of anilines is 1. The smallest absolute Gasteiger partial charge is 0.139 e. The average Bonchev–Trinajstić information content (AvgIpc) is 2.40. The van der Waals surface area contributed by atoms with Crippen molar-refractivity contribution in [3.05, 3.63) is 23.9 Å². The fourth-order valence-corrected chi connectivity index (χ4v) is 3.28. The molecule has 1 aromatic rings. The SMILES string of the molecule is CCC1CN(Cc2ccc(NN)nc2)CCS1. The van der Waals surface area contributed by atoms with Crippen LogP contribution in [0, 0.1) is 0 Å². The van der Waals surface area contributed by atoms with Crippen LogP contribution in [0.2, 0.25) is 0 Å². The van der Waals surface area contributed by atoms with Gasteiger partial charge in [0.25, 0.3) is 0 Å². The number of aromatic nitrogens is 1. The lowest BCUT2D eigenvalue weighted by atomic mass is 10.2. The Morgan fingerprint density at radius 3 is 3.12 bits per heavy atom. The lowest BCUT2D eigenvalue weighted by molar-refractivity contribution is 0.273. The van der Waals surface area contributed by atoms with E-state index in [0.29, 0.717) is 0 Å². The Bertz CT molecular complexity index is 341. The molecule has 17 heavy (non-hydrogen) atoms. The molecule has 0 aromatic carbocycles. The summed E-state index contributed by atoms with van der Waals surface area (Å²) in [6.07, 6.45) is 3.16. The Balaban J connectivity index is 1.90. The Morgan fingerprint density at radius 1 is 1.59 bits per heavy atom. The average molecular weight is 252 g/mol. The molecule has 5 heteroatoms. The molecule has 0 aliphatic carbocycles. The molecule has 0 radical (unpaired) electrons. The normalized spacial score (nSPS) is 21.4. The van der Waals surface area contributed by atoms with Crippen LogP contribution in [0.15, 0.2) is 18.3 Å². The molecule has 0 amide bonds. The van der Waals surface area contributed by atoms with E-state index in [1.807, 2.05) is 12.3 Å². The van der Waals surface area contributed by atoms with Crippen LogP contribution in [0.25, 0.3) is 0 Å².